The first-order valence-corrected chi connectivity index (χ1v) is 5.71. The molecular formula is C12H21N3. The van der Waals surface area contributed by atoms with Crippen molar-refractivity contribution >= 4 is 0 Å². The second-order valence-electron chi connectivity index (χ2n) is 5.56. The fourth-order valence-electron chi connectivity index (χ4n) is 2.63. The number of nitrogens with zero attached hydrogens (tertiary/aromatic N) is 2. The van der Waals surface area contributed by atoms with E-state index in [1.54, 1.807) is 0 Å². The minimum atomic E-state index is 0.0637. The van der Waals surface area contributed by atoms with E-state index in [-0.39, 0.29) is 11.0 Å². The lowest BCUT2D eigenvalue weighted by Gasteiger charge is -2.41. The fourth-order valence-corrected chi connectivity index (χ4v) is 2.63. The molecule has 1 saturated heterocycles. The molecule has 15 heavy (non-hydrogen) atoms. The summed E-state index contributed by atoms with van der Waals surface area (Å²) in [7, 11) is 1.98. The normalized spacial score (nSPS) is 27.2. The van der Waals surface area contributed by atoms with Gasteiger partial charge in [-0.15, -0.1) is 0 Å². The summed E-state index contributed by atoms with van der Waals surface area (Å²) in [6.07, 6.45) is 4.46. The summed E-state index contributed by atoms with van der Waals surface area (Å²) in [5.74, 6) is 0. The zero-order chi connectivity index (χ0) is 11.1. The van der Waals surface area contributed by atoms with Gasteiger partial charge in [0.05, 0.1) is 11.2 Å². The average Bonchev–Trinajstić information content (AvgIpc) is 2.69. The molecule has 84 valence electrons. The molecule has 0 bridgehead atoms. The molecule has 1 aromatic rings. The summed E-state index contributed by atoms with van der Waals surface area (Å²) in [6.45, 7) is 7.98. The van der Waals surface area contributed by atoms with Crippen LogP contribution >= 0.6 is 0 Å². The lowest BCUT2D eigenvalue weighted by atomic mass is 9.70. The lowest BCUT2D eigenvalue weighted by molar-refractivity contribution is 0.154. The molecule has 3 heteroatoms. The maximum Gasteiger partial charge on any atom is 0.0830 e. The second-order valence-corrected chi connectivity index (χ2v) is 5.56. The van der Waals surface area contributed by atoms with E-state index in [1.165, 1.54) is 18.5 Å². The van der Waals surface area contributed by atoms with Crippen LogP contribution in [0.2, 0.25) is 0 Å². The summed E-state index contributed by atoms with van der Waals surface area (Å²) in [5.41, 5.74) is 1.46. The molecule has 1 aliphatic rings. The molecule has 2 heterocycles. The molecule has 1 aromatic heterocycles. The Labute approximate surface area is 91.9 Å². The van der Waals surface area contributed by atoms with Gasteiger partial charge in [-0.1, -0.05) is 20.8 Å². The number of aromatic nitrogens is 2. The predicted molar refractivity (Wildman–Crippen MR) is 61.6 cm³/mol. The Bertz CT molecular complexity index is 340. The molecular weight excluding hydrogens is 186 g/mol. The molecule has 0 aromatic carbocycles. The number of hydrogen-bond acceptors (Lipinski definition) is 2. The van der Waals surface area contributed by atoms with Crippen molar-refractivity contribution in [2.75, 3.05) is 6.54 Å². The van der Waals surface area contributed by atoms with Crippen LogP contribution in [-0.4, -0.2) is 16.3 Å². The first-order valence-electron chi connectivity index (χ1n) is 5.71. The molecule has 2 rings (SSSR count). The summed E-state index contributed by atoms with van der Waals surface area (Å²) < 4.78 is 1.89. The van der Waals surface area contributed by atoms with Crippen molar-refractivity contribution in [2.24, 2.45) is 12.5 Å². The number of rotatable bonds is 1. The third-order valence-electron chi connectivity index (χ3n) is 3.59. The maximum atomic E-state index is 4.59. The highest BCUT2D eigenvalue weighted by Gasteiger charge is 2.46. The molecule has 1 atom stereocenters. The van der Waals surface area contributed by atoms with Crippen molar-refractivity contribution in [1.29, 1.82) is 0 Å². The first-order chi connectivity index (χ1) is 6.96. The largest absolute Gasteiger partial charge is 0.306 e. The quantitative estimate of drug-likeness (QED) is 0.763. The molecule has 1 N–H and O–H groups in total. The van der Waals surface area contributed by atoms with Crippen LogP contribution in [0.15, 0.2) is 12.3 Å². The number of hydrogen-bond donors (Lipinski definition) is 1. The van der Waals surface area contributed by atoms with Crippen molar-refractivity contribution < 1.29 is 0 Å². The molecule has 0 radical (unpaired) electrons. The lowest BCUT2D eigenvalue weighted by Crippen LogP contribution is -2.48. The average molecular weight is 207 g/mol. The van der Waals surface area contributed by atoms with E-state index in [1.807, 2.05) is 17.9 Å². The van der Waals surface area contributed by atoms with E-state index in [4.69, 9.17) is 0 Å². The van der Waals surface area contributed by atoms with E-state index in [2.05, 4.69) is 37.3 Å². The van der Waals surface area contributed by atoms with Crippen molar-refractivity contribution in [3.8, 4) is 0 Å². The molecule has 1 fully saturated rings. The van der Waals surface area contributed by atoms with Gasteiger partial charge >= 0.3 is 0 Å². The van der Waals surface area contributed by atoms with Crippen molar-refractivity contribution in [1.82, 2.24) is 15.1 Å². The van der Waals surface area contributed by atoms with Crippen LogP contribution in [0, 0.1) is 5.41 Å². The summed E-state index contributed by atoms with van der Waals surface area (Å²) >= 11 is 0. The molecule has 0 amide bonds. The Morgan fingerprint density at radius 2 is 2.20 bits per heavy atom. The van der Waals surface area contributed by atoms with Gasteiger partial charge in [0.15, 0.2) is 0 Å². The van der Waals surface area contributed by atoms with Crippen LogP contribution in [-0.2, 0) is 12.6 Å². The van der Waals surface area contributed by atoms with Crippen molar-refractivity contribution in [3.63, 3.8) is 0 Å². The van der Waals surface area contributed by atoms with Crippen LogP contribution in [0.5, 0.6) is 0 Å². The SMILES string of the molecule is Cn1ccc(C2(C(C)(C)C)CCCN2)n1. The first kappa shape index (κ1) is 10.7. The third-order valence-corrected chi connectivity index (χ3v) is 3.59. The zero-order valence-electron chi connectivity index (χ0n) is 10.2. The zero-order valence-corrected chi connectivity index (χ0v) is 10.2. The summed E-state index contributed by atoms with van der Waals surface area (Å²) in [4.78, 5) is 0. The van der Waals surface area contributed by atoms with E-state index in [0.717, 1.165) is 6.54 Å². The van der Waals surface area contributed by atoms with E-state index in [9.17, 15) is 0 Å². The van der Waals surface area contributed by atoms with Gasteiger partial charge in [0, 0.05) is 13.2 Å². The Hall–Kier alpha value is -0.830. The van der Waals surface area contributed by atoms with E-state index in [0.29, 0.717) is 0 Å². The summed E-state index contributed by atoms with van der Waals surface area (Å²) in [6, 6.07) is 2.14. The van der Waals surface area contributed by atoms with Gasteiger partial charge in [0.1, 0.15) is 0 Å². The second kappa shape index (κ2) is 3.34. The summed E-state index contributed by atoms with van der Waals surface area (Å²) in [5, 5.41) is 8.25. The maximum absolute atomic E-state index is 4.59. The molecule has 0 aliphatic carbocycles. The van der Waals surface area contributed by atoms with Gasteiger partial charge in [0.2, 0.25) is 0 Å². The van der Waals surface area contributed by atoms with E-state index < -0.39 is 0 Å². The Morgan fingerprint density at radius 1 is 1.47 bits per heavy atom. The minimum Gasteiger partial charge on any atom is -0.306 e. The standard InChI is InChI=1S/C12H21N3/c1-11(2,3)12(7-5-8-13-12)10-6-9-15(4)14-10/h6,9,13H,5,7-8H2,1-4H3. The Kier molecular flexibility index (Phi) is 2.38. The molecule has 0 saturated carbocycles. The molecule has 0 spiro atoms. The number of aryl methyl sites for hydroxylation is 1. The Balaban J connectivity index is 2.43. The van der Waals surface area contributed by atoms with Gasteiger partial charge < -0.3 is 5.32 Å². The van der Waals surface area contributed by atoms with Gasteiger partial charge in [-0.2, -0.15) is 5.10 Å². The highest BCUT2D eigenvalue weighted by atomic mass is 15.3. The van der Waals surface area contributed by atoms with Crippen molar-refractivity contribution in [2.45, 2.75) is 39.2 Å². The van der Waals surface area contributed by atoms with Crippen LogP contribution < -0.4 is 5.32 Å². The fraction of sp³-hybridized carbons (Fsp3) is 0.750. The van der Waals surface area contributed by atoms with Crippen LogP contribution in [0.4, 0.5) is 0 Å². The van der Waals surface area contributed by atoms with Gasteiger partial charge in [-0.25, -0.2) is 0 Å². The molecule has 1 unspecified atom stereocenters. The topological polar surface area (TPSA) is 29.9 Å². The van der Waals surface area contributed by atoms with Gasteiger partial charge in [0.25, 0.3) is 0 Å². The third kappa shape index (κ3) is 1.59. The minimum absolute atomic E-state index is 0.0637. The number of nitrogens with one attached hydrogen (secondary N) is 1. The van der Waals surface area contributed by atoms with E-state index >= 15 is 0 Å². The highest BCUT2D eigenvalue weighted by Crippen LogP contribution is 2.44. The highest BCUT2D eigenvalue weighted by molar-refractivity contribution is 5.20. The van der Waals surface area contributed by atoms with Crippen molar-refractivity contribution in [3.05, 3.63) is 18.0 Å². The predicted octanol–water partition coefficient (Wildman–Crippen LogP) is 2.04. The van der Waals surface area contributed by atoms with Crippen LogP contribution in [0.1, 0.15) is 39.3 Å². The smallest absolute Gasteiger partial charge is 0.0830 e. The van der Waals surface area contributed by atoms with Crippen LogP contribution in [0.25, 0.3) is 0 Å². The van der Waals surface area contributed by atoms with Gasteiger partial charge in [-0.3, -0.25) is 4.68 Å². The van der Waals surface area contributed by atoms with Gasteiger partial charge in [-0.05, 0) is 30.9 Å². The Morgan fingerprint density at radius 3 is 2.60 bits per heavy atom. The molecule has 3 nitrogen and oxygen atoms in total. The monoisotopic (exact) mass is 207 g/mol. The molecule has 1 aliphatic heterocycles. The van der Waals surface area contributed by atoms with Crippen LogP contribution in [0.3, 0.4) is 0 Å².